The van der Waals surface area contributed by atoms with Crippen LogP contribution in [0.3, 0.4) is 0 Å². The van der Waals surface area contributed by atoms with Crippen LogP contribution in [0.2, 0.25) is 0 Å². The Bertz CT molecular complexity index is 1410. The topological polar surface area (TPSA) is 89.2 Å². The largest absolute Gasteiger partial charge is 0.494 e. The van der Waals surface area contributed by atoms with E-state index in [-0.39, 0.29) is 5.91 Å². The van der Waals surface area contributed by atoms with Gasteiger partial charge in [-0.25, -0.2) is 0 Å². The van der Waals surface area contributed by atoms with E-state index in [0.717, 1.165) is 54.5 Å². The molecule has 4 aromatic rings. The number of ether oxygens (including phenoxy) is 1. The van der Waals surface area contributed by atoms with Crippen molar-refractivity contribution in [2.45, 2.75) is 24.8 Å². The van der Waals surface area contributed by atoms with Crippen molar-refractivity contribution in [2.75, 3.05) is 37.0 Å². The van der Waals surface area contributed by atoms with Gasteiger partial charge in [0.25, 0.3) is 5.91 Å². The van der Waals surface area contributed by atoms with Gasteiger partial charge in [-0.3, -0.25) is 14.2 Å². The maximum absolute atomic E-state index is 13.4. The van der Waals surface area contributed by atoms with Gasteiger partial charge in [0.05, 0.1) is 23.9 Å². The Kier molecular flexibility index (Phi) is 4.77. The number of benzene rings is 2. The Hall–Kier alpha value is -3.59. The van der Waals surface area contributed by atoms with E-state index < -0.39 is 0 Å². The zero-order valence-corrected chi connectivity index (χ0v) is 19.8. The number of fused-ring (bicyclic) bond motifs is 2. The Morgan fingerprint density at radius 1 is 1.09 bits per heavy atom. The number of nitrogens with one attached hydrogen (secondary N) is 2. The van der Waals surface area contributed by atoms with E-state index in [1.54, 1.807) is 16.5 Å². The second kappa shape index (κ2) is 7.73. The van der Waals surface area contributed by atoms with E-state index in [9.17, 15) is 4.79 Å². The van der Waals surface area contributed by atoms with E-state index in [4.69, 9.17) is 4.74 Å². The van der Waals surface area contributed by atoms with E-state index in [2.05, 4.69) is 31.8 Å². The second-order valence-corrected chi connectivity index (χ2v) is 9.51. The molecule has 2 fully saturated rings. The minimum Gasteiger partial charge on any atom is -0.494 e. The number of piperidine rings is 1. The van der Waals surface area contributed by atoms with E-state index in [1.165, 1.54) is 6.42 Å². The smallest absolute Gasteiger partial charge is 0.258 e. The molecule has 9 nitrogen and oxygen atoms in total. The van der Waals surface area contributed by atoms with Crippen molar-refractivity contribution in [1.29, 1.82) is 0 Å². The van der Waals surface area contributed by atoms with Crippen molar-refractivity contribution in [1.82, 2.24) is 24.9 Å². The molecule has 176 valence electrons. The summed E-state index contributed by atoms with van der Waals surface area (Å²) >= 11 is 0. The Balaban J connectivity index is 1.32. The summed E-state index contributed by atoms with van der Waals surface area (Å²) < 4.78 is 9.05. The van der Waals surface area contributed by atoms with Gasteiger partial charge < -0.3 is 20.3 Å². The lowest BCUT2D eigenvalue weighted by molar-refractivity contribution is 0.102. The lowest BCUT2D eigenvalue weighted by atomic mass is 9.79. The van der Waals surface area contributed by atoms with Crippen LogP contribution in [-0.2, 0) is 14.1 Å². The molecule has 6 rings (SSSR count). The summed E-state index contributed by atoms with van der Waals surface area (Å²) in [7, 11) is 5.36. The third kappa shape index (κ3) is 3.38. The fraction of sp³-hybridized carbons (Fsp3) is 0.400. The Labute approximate surface area is 197 Å². The molecule has 9 heteroatoms. The molecule has 0 atom stereocenters. The molecule has 0 bridgehead atoms. The molecule has 2 aromatic heterocycles. The summed E-state index contributed by atoms with van der Waals surface area (Å²) in [5.41, 5.74) is 4.16. The van der Waals surface area contributed by atoms with Crippen LogP contribution in [-0.4, -0.2) is 57.8 Å². The maximum atomic E-state index is 13.4. The number of rotatable bonds is 4. The van der Waals surface area contributed by atoms with E-state index in [0.29, 0.717) is 28.1 Å². The molecule has 1 amide bonds. The summed E-state index contributed by atoms with van der Waals surface area (Å²) in [5.74, 6) is 0.355. The molecule has 4 heterocycles. The van der Waals surface area contributed by atoms with Gasteiger partial charge in [0, 0.05) is 67.6 Å². The molecule has 0 saturated carbocycles. The van der Waals surface area contributed by atoms with Crippen LogP contribution in [0.1, 0.15) is 29.6 Å². The van der Waals surface area contributed by atoms with Crippen LogP contribution in [0.5, 0.6) is 5.75 Å². The maximum Gasteiger partial charge on any atom is 0.258 e. The normalized spacial score (nSPS) is 17.3. The predicted octanol–water partition coefficient (Wildman–Crippen LogP) is 3.05. The number of aromatic nitrogens is 4. The molecule has 0 unspecified atom stereocenters. The average molecular weight is 460 g/mol. The van der Waals surface area contributed by atoms with Crippen LogP contribution in [0.25, 0.3) is 21.8 Å². The predicted molar refractivity (Wildman–Crippen MR) is 133 cm³/mol. The molecular weight excluding hydrogens is 430 g/mol. The van der Waals surface area contributed by atoms with Crippen LogP contribution in [0.15, 0.2) is 36.7 Å². The molecule has 2 aromatic carbocycles. The van der Waals surface area contributed by atoms with Crippen molar-refractivity contribution in [3.8, 4) is 5.75 Å². The lowest BCUT2D eigenvalue weighted by Crippen LogP contribution is -2.61. The summed E-state index contributed by atoms with van der Waals surface area (Å²) in [6.07, 6.45) is 7.49. The number of nitrogens with zero attached hydrogens (tertiary/aromatic N) is 5. The average Bonchev–Trinajstić information content (AvgIpc) is 3.37. The van der Waals surface area contributed by atoms with E-state index in [1.807, 2.05) is 44.7 Å². The number of carbonyl (C=O) groups is 1. The van der Waals surface area contributed by atoms with Gasteiger partial charge in [-0.05, 0) is 44.0 Å². The highest BCUT2D eigenvalue weighted by molar-refractivity contribution is 6.14. The van der Waals surface area contributed by atoms with Gasteiger partial charge >= 0.3 is 0 Å². The van der Waals surface area contributed by atoms with Crippen molar-refractivity contribution in [3.63, 3.8) is 0 Å². The first-order chi connectivity index (χ1) is 16.4. The monoisotopic (exact) mass is 459 g/mol. The summed E-state index contributed by atoms with van der Waals surface area (Å²) in [6.45, 7) is 3.14. The van der Waals surface area contributed by atoms with Crippen LogP contribution >= 0.6 is 0 Å². The number of carbonyl (C=O) groups excluding carboxylic acids is 1. The zero-order valence-electron chi connectivity index (χ0n) is 19.8. The number of aryl methyl sites for hydroxylation is 2. The van der Waals surface area contributed by atoms with Gasteiger partial charge in [0.1, 0.15) is 11.3 Å². The fourth-order valence-electron chi connectivity index (χ4n) is 5.38. The van der Waals surface area contributed by atoms with Crippen molar-refractivity contribution in [3.05, 3.63) is 42.2 Å². The van der Waals surface area contributed by atoms with Crippen LogP contribution < -0.4 is 20.3 Å². The Morgan fingerprint density at radius 2 is 1.85 bits per heavy atom. The minimum atomic E-state index is -0.215. The number of methoxy groups -OCH3 is 1. The third-order valence-corrected chi connectivity index (χ3v) is 7.37. The van der Waals surface area contributed by atoms with Crippen molar-refractivity contribution < 1.29 is 9.53 Å². The van der Waals surface area contributed by atoms with Crippen molar-refractivity contribution >= 4 is 39.1 Å². The fourth-order valence-corrected chi connectivity index (χ4v) is 5.38. The Morgan fingerprint density at radius 3 is 2.56 bits per heavy atom. The van der Waals surface area contributed by atoms with Gasteiger partial charge in [0.2, 0.25) is 0 Å². The highest BCUT2D eigenvalue weighted by atomic mass is 16.5. The lowest BCUT2D eigenvalue weighted by Gasteiger charge is -2.49. The first kappa shape index (κ1) is 21.0. The van der Waals surface area contributed by atoms with Gasteiger partial charge in [0.15, 0.2) is 0 Å². The molecule has 2 aliphatic heterocycles. The highest BCUT2D eigenvalue weighted by Crippen LogP contribution is 2.37. The molecule has 1 spiro atoms. The molecule has 2 aliphatic rings. The number of hydrogen-bond donors (Lipinski definition) is 2. The number of anilines is 2. The van der Waals surface area contributed by atoms with Gasteiger partial charge in [-0.2, -0.15) is 10.2 Å². The third-order valence-electron chi connectivity index (χ3n) is 7.37. The molecule has 0 radical (unpaired) electrons. The minimum absolute atomic E-state index is 0.215. The molecule has 2 N–H and O–H groups in total. The number of hydrogen-bond acceptors (Lipinski definition) is 6. The molecular formula is C25H29N7O2. The molecule has 34 heavy (non-hydrogen) atoms. The van der Waals surface area contributed by atoms with Crippen LogP contribution in [0.4, 0.5) is 11.4 Å². The standard InChI is InChI=1S/C25H29N7O2/c1-30-14-16-12-20(22(34-3)13-19(16)28-30)27-24(33)17-4-5-21(18-15-31(2)29-23(17)18)32-10-7-25(8-11-32)6-9-26-25/h4-5,12-15,26H,6-11H2,1-3H3,(H,27,33). The first-order valence-corrected chi connectivity index (χ1v) is 11.7. The summed E-state index contributed by atoms with van der Waals surface area (Å²) in [6, 6.07) is 7.68. The van der Waals surface area contributed by atoms with Crippen molar-refractivity contribution in [2.24, 2.45) is 14.1 Å². The zero-order chi connectivity index (χ0) is 23.4. The highest BCUT2D eigenvalue weighted by Gasteiger charge is 2.39. The van der Waals surface area contributed by atoms with E-state index >= 15 is 0 Å². The summed E-state index contributed by atoms with van der Waals surface area (Å²) in [5, 5.41) is 17.7. The quantitative estimate of drug-likeness (QED) is 0.488. The second-order valence-electron chi connectivity index (χ2n) is 9.51. The van der Waals surface area contributed by atoms with Gasteiger partial charge in [-0.15, -0.1) is 0 Å². The van der Waals surface area contributed by atoms with Crippen LogP contribution in [0, 0.1) is 0 Å². The summed E-state index contributed by atoms with van der Waals surface area (Å²) in [4.78, 5) is 15.8. The molecule has 0 aliphatic carbocycles. The number of amides is 1. The SMILES string of the molecule is COc1cc2nn(C)cc2cc1NC(=O)c1ccc(N2CCC3(CCN3)CC2)c2cn(C)nc12. The van der Waals surface area contributed by atoms with Gasteiger partial charge in [-0.1, -0.05) is 0 Å². The first-order valence-electron chi connectivity index (χ1n) is 11.7. The molecule has 2 saturated heterocycles.